The molecule has 0 radical (unpaired) electrons. The standard InChI is InChI=1S/C29H31BrClN3O4/c1-33-12-14-34(15-13-33)17-21-24(18-6-4-3-5-7-18)29(19-8-10-20(30)11-9-19)28(36,26(21)35)25-22(38-29)16-23(31)32-27(25)37-2/h3-11,16,21,24,26,35-36H,12-15,17H2,1-2H3/t21-,24-,26-,28+,29+/m1/s1. The van der Waals surface area contributed by atoms with E-state index in [0.29, 0.717) is 17.9 Å². The quantitative estimate of drug-likeness (QED) is 0.429. The topological polar surface area (TPSA) is 78.3 Å². The number of aliphatic hydroxyl groups is 2. The molecule has 3 aliphatic rings. The Labute approximate surface area is 236 Å². The van der Waals surface area contributed by atoms with E-state index in [4.69, 9.17) is 21.1 Å². The predicted molar refractivity (Wildman–Crippen MR) is 149 cm³/mol. The molecule has 5 atom stereocenters. The summed E-state index contributed by atoms with van der Waals surface area (Å²) >= 11 is 9.89. The maximum atomic E-state index is 12.9. The monoisotopic (exact) mass is 599 g/mol. The van der Waals surface area contributed by atoms with Crippen LogP contribution in [0.4, 0.5) is 0 Å². The van der Waals surface area contributed by atoms with Crippen LogP contribution in [0, 0.1) is 5.92 Å². The number of pyridine rings is 1. The molecule has 1 aliphatic carbocycles. The molecule has 0 spiro atoms. The first-order valence-corrected chi connectivity index (χ1v) is 14.0. The van der Waals surface area contributed by atoms with Crippen LogP contribution in [0.5, 0.6) is 11.6 Å². The van der Waals surface area contributed by atoms with Crippen LogP contribution in [-0.4, -0.2) is 78.0 Å². The third-order valence-electron chi connectivity index (χ3n) is 8.53. The molecule has 2 N–H and O–H groups in total. The van der Waals surface area contributed by atoms with Gasteiger partial charge in [0.25, 0.3) is 0 Å². The lowest BCUT2D eigenvalue weighted by Crippen LogP contribution is -2.52. The van der Waals surface area contributed by atoms with Crippen LogP contribution >= 0.6 is 27.5 Å². The van der Waals surface area contributed by atoms with Crippen LogP contribution in [0.3, 0.4) is 0 Å². The normalized spacial score (nSPS) is 31.1. The second-order valence-electron chi connectivity index (χ2n) is 10.5. The summed E-state index contributed by atoms with van der Waals surface area (Å²) < 4.78 is 13.4. The van der Waals surface area contributed by atoms with Crippen LogP contribution in [0.15, 0.2) is 65.1 Å². The minimum absolute atomic E-state index is 0.153. The summed E-state index contributed by atoms with van der Waals surface area (Å²) in [5, 5.41) is 25.4. The van der Waals surface area contributed by atoms with Crippen LogP contribution in [0.25, 0.3) is 0 Å². The number of halogens is 2. The highest BCUT2D eigenvalue weighted by Gasteiger charge is 2.77. The van der Waals surface area contributed by atoms with Crippen molar-refractivity contribution in [2.45, 2.75) is 23.2 Å². The predicted octanol–water partition coefficient (Wildman–Crippen LogP) is 4.00. The molecule has 2 aliphatic heterocycles. The van der Waals surface area contributed by atoms with Crippen molar-refractivity contribution in [3.63, 3.8) is 0 Å². The van der Waals surface area contributed by atoms with Gasteiger partial charge in [-0.3, -0.25) is 0 Å². The molecule has 7 nitrogen and oxygen atoms in total. The Morgan fingerprint density at radius 3 is 2.45 bits per heavy atom. The van der Waals surface area contributed by atoms with E-state index < -0.39 is 17.3 Å². The molecule has 9 heteroatoms. The number of hydrogen-bond donors (Lipinski definition) is 2. The Bertz CT molecular complexity index is 1320. The van der Waals surface area contributed by atoms with Gasteiger partial charge in [-0.1, -0.05) is 70.0 Å². The Balaban J connectivity index is 1.60. The summed E-state index contributed by atoms with van der Waals surface area (Å²) in [4.78, 5) is 9.04. The third-order valence-corrected chi connectivity index (χ3v) is 9.25. The van der Waals surface area contributed by atoms with Crippen molar-refractivity contribution in [3.8, 4) is 11.6 Å². The fraction of sp³-hybridized carbons (Fsp3) is 0.414. The van der Waals surface area contributed by atoms with Crippen LogP contribution in [-0.2, 0) is 11.2 Å². The summed E-state index contributed by atoms with van der Waals surface area (Å²) in [7, 11) is 3.61. The van der Waals surface area contributed by atoms with Crippen LogP contribution in [0.1, 0.15) is 22.6 Å². The fourth-order valence-corrected chi connectivity index (χ4v) is 7.22. The van der Waals surface area contributed by atoms with E-state index in [1.165, 1.54) is 7.11 Å². The molecule has 0 bridgehead atoms. The summed E-state index contributed by atoms with van der Waals surface area (Å²) in [5.74, 6) is -0.214. The number of fused-ring (bicyclic) bond motifs is 3. The molecule has 6 rings (SSSR count). The first kappa shape index (κ1) is 26.0. The van der Waals surface area contributed by atoms with E-state index in [-0.39, 0.29) is 22.9 Å². The second-order valence-corrected chi connectivity index (χ2v) is 11.8. The summed E-state index contributed by atoms with van der Waals surface area (Å²) in [5.41, 5.74) is -1.13. The highest BCUT2D eigenvalue weighted by atomic mass is 79.9. The number of methoxy groups -OCH3 is 1. The molecule has 3 aromatic rings. The smallest absolute Gasteiger partial charge is 0.224 e. The molecule has 1 saturated heterocycles. The van der Waals surface area contributed by atoms with E-state index in [2.05, 4.69) is 49.9 Å². The van der Waals surface area contributed by atoms with E-state index in [9.17, 15) is 10.2 Å². The SMILES string of the molecule is COc1nc(Cl)cc2c1[C@]1(O)[C@H](O)[C@H](CN3CCN(C)CC3)[C@@H](c3ccccc3)[C@]1(c1ccc(Br)cc1)O2. The summed E-state index contributed by atoms with van der Waals surface area (Å²) in [6.07, 6.45) is -1.17. The van der Waals surface area contributed by atoms with Gasteiger partial charge < -0.3 is 29.5 Å². The van der Waals surface area contributed by atoms with E-state index >= 15 is 0 Å². The van der Waals surface area contributed by atoms with E-state index in [0.717, 1.165) is 41.8 Å². The number of nitrogens with zero attached hydrogens (tertiary/aromatic N) is 3. The van der Waals surface area contributed by atoms with Crippen molar-refractivity contribution in [2.24, 2.45) is 5.92 Å². The first-order valence-electron chi connectivity index (χ1n) is 12.9. The lowest BCUT2D eigenvalue weighted by atomic mass is 9.71. The van der Waals surface area contributed by atoms with E-state index in [1.807, 2.05) is 42.5 Å². The van der Waals surface area contributed by atoms with Crippen LogP contribution in [0.2, 0.25) is 5.15 Å². The van der Waals surface area contributed by atoms with Gasteiger partial charge in [0, 0.05) is 55.1 Å². The lowest BCUT2D eigenvalue weighted by Gasteiger charge is -2.41. The Kier molecular flexibility index (Phi) is 6.69. The molecule has 0 unspecified atom stereocenters. The number of hydrogen-bond acceptors (Lipinski definition) is 7. The summed E-state index contributed by atoms with van der Waals surface area (Å²) in [6.45, 7) is 4.30. The average molecular weight is 601 g/mol. The van der Waals surface area contributed by atoms with Gasteiger partial charge in [0.05, 0.1) is 18.8 Å². The van der Waals surface area contributed by atoms with Gasteiger partial charge in [0.2, 0.25) is 5.88 Å². The second kappa shape index (κ2) is 9.77. The number of benzene rings is 2. The van der Waals surface area contributed by atoms with Gasteiger partial charge in [-0.25, -0.2) is 4.98 Å². The molecule has 38 heavy (non-hydrogen) atoms. The van der Waals surface area contributed by atoms with Crippen molar-refractivity contribution in [3.05, 3.63) is 87.0 Å². The molecule has 2 fully saturated rings. The maximum Gasteiger partial charge on any atom is 0.224 e. The van der Waals surface area contributed by atoms with Gasteiger partial charge in [-0.2, -0.15) is 0 Å². The molecule has 2 aromatic carbocycles. The molecule has 3 heterocycles. The molecular formula is C29H31BrClN3O4. The largest absolute Gasteiger partial charge is 0.481 e. The van der Waals surface area contributed by atoms with E-state index in [1.54, 1.807) is 6.07 Å². The molecule has 0 amide bonds. The third kappa shape index (κ3) is 3.80. The van der Waals surface area contributed by atoms with Gasteiger partial charge in [0.15, 0.2) is 11.2 Å². The Morgan fingerprint density at radius 1 is 1.11 bits per heavy atom. The molecule has 1 aromatic heterocycles. The first-order chi connectivity index (χ1) is 18.3. The van der Waals surface area contributed by atoms with Gasteiger partial charge in [-0.15, -0.1) is 0 Å². The zero-order chi connectivity index (χ0) is 26.7. The van der Waals surface area contributed by atoms with Gasteiger partial charge in [-0.05, 0) is 30.3 Å². The zero-order valence-corrected chi connectivity index (χ0v) is 23.7. The minimum atomic E-state index is -1.85. The van der Waals surface area contributed by atoms with Crippen molar-refractivity contribution in [1.82, 2.24) is 14.8 Å². The Morgan fingerprint density at radius 2 is 1.79 bits per heavy atom. The zero-order valence-electron chi connectivity index (χ0n) is 21.3. The Hall–Kier alpha value is -2.20. The molecule has 200 valence electrons. The van der Waals surface area contributed by atoms with Crippen molar-refractivity contribution < 1.29 is 19.7 Å². The van der Waals surface area contributed by atoms with Crippen molar-refractivity contribution >= 4 is 27.5 Å². The fourth-order valence-electron chi connectivity index (χ4n) is 6.78. The van der Waals surface area contributed by atoms with Crippen molar-refractivity contribution in [2.75, 3.05) is 46.9 Å². The average Bonchev–Trinajstić information content (AvgIpc) is 3.28. The maximum absolute atomic E-state index is 12.9. The number of piperazine rings is 1. The number of ether oxygens (including phenoxy) is 2. The molecular weight excluding hydrogens is 570 g/mol. The number of likely N-dealkylation sites (N-methyl/N-ethyl adjacent to an activating group) is 1. The number of aliphatic hydroxyl groups excluding tert-OH is 1. The van der Waals surface area contributed by atoms with Crippen molar-refractivity contribution in [1.29, 1.82) is 0 Å². The molecule has 1 saturated carbocycles. The lowest BCUT2D eigenvalue weighted by molar-refractivity contribution is -0.152. The van der Waals surface area contributed by atoms with Gasteiger partial charge in [0.1, 0.15) is 10.9 Å². The highest BCUT2D eigenvalue weighted by molar-refractivity contribution is 9.10. The van der Waals surface area contributed by atoms with Gasteiger partial charge >= 0.3 is 0 Å². The van der Waals surface area contributed by atoms with Crippen LogP contribution < -0.4 is 9.47 Å². The highest BCUT2D eigenvalue weighted by Crippen LogP contribution is 2.69. The minimum Gasteiger partial charge on any atom is -0.481 e. The summed E-state index contributed by atoms with van der Waals surface area (Å²) in [6, 6.07) is 19.4. The number of aromatic nitrogens is 1. The number of rotatable bonds is 5.